The lowest BCUT2D eigenvalue weighted by molar-refractivity contribution is -0.147. The van der Waals surface area contributed by atoms with Gasteiger partial charge in [-0.15, -0.1) is 10.2 Å². The molecule has 84 valence electrons. The molecule has 1 aromatic rings. The maximum absolute atomic E-state index is 12.5. The minimum Gasteiger partial charge on any atom is -0.344 e. The lowest BCUT2D eigenvalue weighted by atomic mass is 10.3. The van der Waals surface area contributed by atoms with Crippen molar-refractivity contribution in [1.82, 2.24) is 14.8 Å². The van der Waals surface area contributed by atoms with Crippen molar-refractivity contribution in [3.63, 3.8) is 0 Å². The molecule has 2 heterocycles. The van der Waals surface area contributed by atoms with Gasteiger partial charge in [-0.3, -0.25) is 4.57 Å². The van der Waals surface area contributed by atoms with Gasteiger partial charge in [0.25, 0.3) is 0 Å². The molecule has 1 aliphatic rings. The van der Waals surface area contributed by atoms with Crippen LogP contribution in [-0.2, 0) is 12.7 Å². The Labute approximate surface area is 84.7 Å². The Morgan fingerprint density at radius 3 is 2.47 bits per heavy atom. The minimum atomic E-state index is -4.42. The van der Waals surface area contributed by atoms with Crippen LogP contribution < -0.4 is 4.90 Å². The molecule has 1 aromatic heterocycles. The summed E-state index contributed by atoms with van der Waals surface area (Å²) in [4.78, 5) is 1.70. The van der Waals surface area contributed by atoms with Crippen LogP contribution in [0.15, 0.2) is 0 Å². The SMILES string of the molecule is CN1CCCCn2c1nnc2C(F)(F)F. The van der Waals surface area contributed by atoms with E-state index in [-0.39, 0.29) is 0 Å². The Hall–Kier alpha value is -1.27. The van der Waals surface area contributed by atoms with E-state index in [9.17, 15) is 13.2 Å². The van der Waals surface area contributed by atoms with Gasteiger partial charge >= 0.3 is 6.18 Å². The Balaban J connectivity index is 2.44. The molecule has 0 aromatic carbocycles. The van der Waals surface area contributed by atoms with Gasteiger partial charge in [0.1, 0.15) is 0 Å². The zero-order valence-electron chi connectivity index (χ0n) is 8.25. The van der Waals surface area contributed by atoms with E-state index in [4.69, 9.17) is 0 Å². The first-order chi connectivity index (χ1) is 7.00. The van der Waals surface area contributed by atoms with Crippen LogP contribution in [-0.4, -0.2) is 28.4 Å². The average Bonchev–Trinajstić information content (AvgIpc) is 2.48. The first-order valence-corrected chi connectivity index (χ1v) is 4.71. The number of aromatic nitrogens is 3. The second kappa shape index (κ2) is 3.39. The van der Waals surface area contributed by atoms with Crippen LogP contribution in [0.4, 0.5) is 19.1 Å². The number of nitrogens with zero attached hydrogens (tertiary/aromatic N) is 4. The Morgan fingerprint density at radius 2 is 1.80 bits per heavy atom. The van der Waals surface area contributed by atoms with Crippen LogP contribution in [0.5, 0.6) is 0 Å². The average molecular weight is 220 g/mol. The summed E-state index contributed by atoms with van der Waals surface area (Å²) in [5, 5.41) is 6.79. The molecule has 0 radical (unpaired) electrons. The lowest BCUT2D eigenvalue weighted by Crippen LogP contribution is -2.21. The molecular weight excluding hydrogens is 209 g/mol. The van der Waals surface area contributed by atoms with Crippen molar-refractivity contribution in [3.05, 3.63) is 5.82 Å². The van der Waals surface area contributed by atoms with Crippen LogP contribution in [0.3, 0.4) is 0 Å². The molecule has 0 unspecified atom stereocenters. The van der Waals surface area contributed by atoms with E-state index in [1.165, 1.54) is 0 Å². The van der Waals surface area contributed by atoms with Gasteiger partial charge in [0.05, 0.1) is 0 Å². The van der Waals surface area contributed by atoms with Gasteiger partial charge in [-0.05, 0) is 12.8 Å². The summed E-state index contributed by atoms with van der Waals surface area (Å²) in [6.45, 7) is 1.05. The Morgan fingerprint density at radius 1 is 1.13 bits per heavy atom. The van der Waals surface area contributed by atoms with E-state index >= 15 is 0 Å². The number of fused-ring (bicyclic) bond motifs is 1. The van der Waals surface area contributed by atoms with E-state index in [1.54, 1.807) is 11.9 Å². The predicted molar refractivity (Wildman–Crippen MR) is 47.5 cm³/mol. The van der Waals surface area contributed by atoms with E-state index in [0.717, 1.165) is 24.0 Å². The van der Waals surface area contributed by atoms with Crippen molar-refractivity contribution in [2.24, 2.45) is 0 Å². The molecule has 0 amide bonds. The highest BCUT2D eigenvalue weighted by atomic mass is 19.4. The topological polar surface area (TPSA) is 34.0 Å². The molecule has 0 fully saturated rings. The first-order valence-electron chi connectivity index (χ1n) is 4.71. The number of alkyl halides is 3. The van der Waals surface area contributed by atoms with Gasteiger partial charge in [-0.2, -0.15) is 13.2 Å². The minimum absolute atomic E-state index is 0.305. The quantitative estimate of drug-likeness (QED) is 0.664. The summed E-state index contributed by atoms with van der Waals surface area (Å²) in [5.41, 5.74) is 0. The molecule has 7 heteroatoms. The van der Waals surface area contributed by atoms with Gasteiger partial charge in [-0.25, -0.2) is 0 Å². The van der Waals surface area contributed by atoms with Crippen LogP contribution in [0.1, 0.15) is 18.7 Å². The number of rotatable bonds is 0. The molecule has 15 heavy (non-hydrogen) atoms. The number of anilines is 1. The number of hydrogen-bond donors (Lipinski definition) is 0. The Kier molecular flexibility index (Phi) is 2.32. The normalized spacial score (nSPS) is 17.5. The molecule has 0 N–H and O–H groups in total. The molecule has 4 nitrogen and oxygen atoms in total. The zero-order chi connectivity index (χ0) is 11.1. The van der Waals surface area contributed by atoms with Crippen molar-refractivity contribution < 1.29 is 13.2 Å². The molecule has 0 atom stereocenters. The summed E-state index contributed by atoms with van der Waals surface area (Å²) in [7, 11) is 1.73. The number of halogens is 3. The van der Waals surface area contributed by atoms with Crippen LogP contribution in [0.25, 0.3) is 0 Å². The van der Waals surface area contributed by atoms with Crippen LogP contribution >= 0.6 is 0 Å². The van der Waals surface area contributed by atoms with E-state index in [2.05, 4.69) is 10.2 Å². The molecule has 0 spiro atoms. The van der Waals surface area contributed by atoms with Crippen LogP contribution in [0, 0.1) is 0 Å². The fraction of sp³-hybridized carbons (Fsp3) is 0.750. The molecule has 2 rings (SSSR count). The predicted octanol–water partition coefficient (Wildman–Crippen LogP) is 1.53. The maximum Gasteiger partial charge on any atom is 0.451 e. The molecule has 1 aliphatic heterocycles. The molecular formula is C8H11F3N4. The van der Waals surface area contributed by atoms with Crippen molar-refractivity contribution in [2.45, 2.75) is 25.6 Å². The summed E-state index contributed by atoms with van der Waals surface area (Å²) >= 11 is 0. The summed E-state index contributed by atoms with van der Waals surface area (Å²) in [6.07, 6.45) is -2.83. The maximum atomic E-state index is 12.5. The van der Waals surface area contributed by atoms with Crippen molar-refractivity contribution in [1.29, 1.82) is 0 Å². The standard InChI is InChI=1S/C8H11F3N4/c1-14-4-2-3-5-15-6(8(9,10)11)12-13-7(14)15/h2-5H2,1H3. The van der Waals surface area contributed by atoms with Gasteiger partial charge in [0, 0.05) is 20.1 Å². The van der Waals surface area contributed by atoms with Crippen molar-refractivity contribution in [3.8, 4) is 0 Å². The first kappa shape index (κ1) is 10.3. The van der Waals surface area contributed by atoms with Crippen LogP contribution in [0.2, 0.25) is 0 Å². The smallest absolute Gasteiger partial charge is 0.344 e. The Bertz CT molecular complexity index is 357. The monoisotopic (exact) mass is 220 g/mol. The van der Waals surface area contributed by atoms with E-state index in [0.29, 0.717) is 12.5 Å². The fourth-order valence-electron chi connectivity index (χ4n) is 1.71. The largest absolute Gasteiger partial charge is 0.451 e. The van der Waals surface area contributed by atoms with Gasteiger partial charge in [-0.1, -0.05) is 0 Å². The molecule has 0 saturated heterocycles. The molecule has 0 saturated carbocycles. The third-order valence-corrected chi connectivity index (χ3v) is 2.45. The van der Waals surface area contributed by atoms with Crippen molar-refractivity contribution in [2.75, 3.05) is 18.5 Å². The highest BCUT2D eigenvalue weighted by Gasteiger charge is 2.39. The second-order valence-electron chi connectivity index (χ2n) is 3.60. The highest BCUT2D eigenvalue weighted by Crippen LogP contribution is 2.31. The number of hydrogen-bond acceptors (Lipinski definition) is 3. The second-order valence-corrected chi connectivity index (χ2v) is 3.60. The van der Waals surface area contributed by atoms with Gasteiger partial charge in [0.15, 0.2) is 0 Å². The molecule has 0 aliphatic carbocycles. The third kappa shape index (κ3) is 1.78. The van der Waals surface area contributed by atoms with E-state index < -0.39 is 12.0 Å². The highest BCUT2D eigenvalue weighted by molar-refractivity contribution is 5.30. The lowest BCUT2D eigenvalue weighted by Gasteiger charge is -2.15. The molecule has 0 bridgehead atoms. The zero-order valence-corrected chi connectivity index (χ0v) is 8.25. The summed E-state index contributed by atoms with van der Waals surface area (Å²) < 4.78 is 38.7. The van der Waals surface area contributed by atoms with Crippen molar-refractivity contribution >= 4 is 5.95 Å². The summed E-state index contributed by atoms with van der Waals surface area (Å²) in [6, 6.07) is 0. The third-order valence-electron chi connectivity index (χ3n) is 2.45. The summed E-state index contributed by atoms with van der Waals surface area (Å²) in [5.74, 6) is -0.592. The van der Waals surface area contributed by atoms with Gasteiger partial charge in [0.2, 0.25) is 11.8 Å². The van der Waals surface area contributed by atoms with Gasteiger partial charge < -0.3 is 4.90 Å². The van der Waals surface area contributed by atoms with E-state index in [1.807, 2.05) is 0 Å². The fourth-order valence-corrected chi connectivity index (χ4v) is 1.71.